The summed E-state index contributed by atoms with van der Waals surface area (Å²) in [6.07, 6.45) is 4.45. The van der Waals surface area contributed by atoms with Gasteiger partial charge < -0.3 is 34.9 Å². The van der Waals surface area contributed by atoms with Crippen LogP contribution in [0.2, 0.25) is 0 Å². The first kappa shape index (κ1) is 43.7. The third-order valence-electron chi connectivity index (χ3n) is 12.6. The van der Waals surface area contributed by atoms with E-state index < -0.39 is 24.3 Å². The van der Waals surface area contributed by atoms with E-state index in [1.54, 1.807) is 0 Å². The molecule has 330 valence electrons. The summed E-state index contributed by atoms with van der Waals surface area (Å²) < 4.78 is 9.63. The van der Waals surface area contributed by atoms with Crippen molar-refractivity contribution in [2.45, 2.75) is 84.0 Å². The highest BCUT2D eigenvalue weighted by Crippen LogP contribution is 2.39. The molecule has 3 aliphatic heterocycles. The molecule has 3 aliphatic rings. The minimum absolute atomic E-state index is 0.109. The van der Waals surface area contributed by atoms with Crippen LogP contribution < -0.4 is 10.6 Å². The van der Waals surface area contributed by atoms with Crippen molar-refractivity contribution in [3.63, 3.8) is 0 Å². The highest BCUT2D eigenvalue weighted by atomic mass is 16.5. The van der Waals surface area contributed by atoms with Crippen LogP contribution in [0.15, 0.2) is 90.1 Å². The van der Waals surface area contributed by atoms with Gasteiger partial charge in [0.1, 0.15) is 17.9 Å². The molecule has 4 heterocycles. The predicted octanol–water partition coefficient (Wildman–Crippen LogP) is 8.34. The molecule has 64 heavy (non-hydrogen) atoms. The second-order valence-electron chi connectivity index (χ2n) is 17.4. The zero-order valence-electron chi connectivity index (χ0n) is 37.2. The molecule has 1 aromatic heterocycles. The lowest BCUT2D eigenvalue weighted by atomic mass is 9.92. The van der Waals surface area contributed by atoms with Gasteiger partial charge in [0.15, 0.2) is 0 Å². The summed E-state index contributed by atoms with van der Waals surface area (Å²) in [6, 6.07) is 25.0. The minimum atomic E-state index is -0.718. The van der Waals surface area contributed by atoms with Gasteiger partial charge in [-0.1, -0.05) is 88.1 Å². The van der Waals surface area contributed by atoms with Crippen LogP contribution in [0.25, 0.3) is 33.2 Å². The van der Waals surface area contributed by atoms with Gasteiger partial charge in [-0.3, -0.25) is 14.6 Å². The highest BCUT2D eigenvalue weighted by molar-refractivity contribution is 6.06. The van der Waals surface area contributed by atoms with Crippen LogP contribution in [0.1, 0.15) is 81.9 Å². The molecule has 4 atom stereocenters. The van der Waals surface area contributed by atoms with Crippen molar-refractivity contribution in [3.8, 4) is 34.2 Å². The van der Waals surface area contributed by atoms with E-state index in [0.717, 1.165) is 86.9 Å². The van der Waals surface area contributed by atoms with Gasteiger partial charge >= 0.3 is 12.2 Å². The van der Waals surface area contributed by atoms with Gasteiger partial charge in [0, 0.05) is 41.9 Å². The smallest absolute Gasteiger partial charge is 0.407 e. The molecule has 0 radical (unpaired) electrons. The van der Waals surface area contributed by atoms with Gasteiger partial charge in [0.2, 0.25) is 11.8 Å². The van der Waals surface area contributed by atoms with Gasteiger partial charge in [0.05, 0.1) is 43.9 Å². The topological polar surface area (TPSA) is 158 Å². The van der Waals surface area contributed by atoms with Gasteiger partial charge in [-0.15, -0.1) is 0 Å². The lowest BCUT2D eigenvalue weighted by Gasteiger charge is -2.30. The number of hydrogen-bond donors (Lipinski definition) is 3. The van der Waals surface area contributed by atoms with Crippen LogP contribution in [0.4, 0.5) is 15.3 Å². The molecular weight excluding hydrogens is 807 g/mol. The molecule has 8 rings (SSSR count). The number of fused-ring (bicyclic) bond motifs is 3. The zero-order valence-corrected chi connectivity index (χ0v) is 37.2. The number of alkyl carbamates (subject to hydrolysis) is 2. The Morgan fingerprint density at radius 2 is 1.39 bits per heavy atom. The van der Waals surface area contributed by atoms with Gasteiger partial charge in [-0.25, -0.2) is 14.6 Å². The van der Waals surface area contributed by atoms with Crippen LogP contribution in [0.5, 0.6) is 0 Å². The maximum absolute atomic E-state index is 13.8. The number of methoxy groups -OCH3 is 2. The summed E-state index contributed by atoms with van der Waals surface area (Å²) in [5, 5.41) is 7.65. The number of amides is 4. The summed E-state index contributed by atoms with van der Waals surface area (Å²) >= 11 is 0. The SMILES string of the molecule is COC(=O)N[C@H](C(=O)N1CCC[C@H]1C1=Nc2ccc3cc(-c4ccc(-c5cnc([C@@H]6CCCN6C(=O)[C@@H](NC(=O)OC)C(C)C)[nH]5)cc4C#Cc4ccccc4)ccc3c2C1)C(C)C. The molecule has 2 saturated heterocycles. The Morgan fingerprint density at radius 3 is 2.05 bits per heavy atom. The van der Waals surface area contributed by atoms with Crippen LogP contribution >= 0.6 is 0 Å². The van der Waals surface area contributed by atoms with E-state index in [2.05, 4.69) is 76.0 Å². The average molecular weight is 862 g/mol. The van der Waals surface area contributed by atoms with Crippen LogP contribution in [-0.4, -0.2) is 94.9 Å². The number of likely N-dealkylation sites (tertiary alicyclic amines) is 2. The van der Waals surface area contributed by atoms with Gasteiger partial charge in [-0.2, -0.15) is 0 Å². The van der Waals surface area contributed by atoms with Crippen LogP contribution in [-0.2, 0) is 25.5 Å². The number of imidazole rings is 1. The van der Waals surface area contributed by atoms with Crippen molar-refractivity contribution < 1.29 is 28.7 Å². The molecule has 13 nitrogen and oxygen atoms in total. The third-order valence-corrected chi connectivity index (χ3v) is 12.6. The fraction of sp³-hybridized carbons (Fsp3) is 0.373. The normalized spacial score (nSPS) is 17.7. The van der Waals surface area contributed by atoms with Crippen molar-refractivity contribution >= 4 is 46.2 Å². The first-order chi connectivity index (χ1) is 30.9. The number of carbonyl (C=O) groups excluding carboxylic acids is 4. The molecule has 3 N–H and O–H groups in total. The van der Waals surface area contributed by atoms with E-state index >= 15 is 0 Å². The molecule has 0 unspecified atom stereocenters. The molecule has 4 amide bonds. The molecule has 13 heteroatoms. The average Bonchev–Trinajstić information content (AvgIpc) is 4.15. The molecule has 5 aromatic rings. The lowest BCUT2D eigenvalue weighted by molar-refractivity contribution is -0.135. The Hall–Kier alpha value is -6.94. The number of rotatable bonds is 10. The third kappa shape index (κ3) is 8.95. The monoisotopic (exact) mass is 861 g/mol. The first-order valence-corrected chi connectivity index (χ1v) is 22.1. The Balaban J connectivity index is 1.06. The van der Waals surface area contributed by atoms with Crippen LogP contribution in [0, 0.1) is 23.7 Å². The number of ether oxygens (including phenoxy) is 2. The summed E-state index contributed by atoms with van der Waals surface area (Å²) in [6.45, 7) is 8.83. The molecule has 0 spiro atoms. The number of benzene rings is 4. The number of H-pyrrole nitrogens is 1. The summed E-state index contributed by atoms with van der Waals surface area (Å²) in [7, 11) is 2.59. The zero-order chi connectivity index (χ0) is 45.1. The summed E-state index contributed by atoms with van der Waals surface area (Å²) in [4.78, 5) is 68.9. The second-order valence-corrected chi connectivity index (χ2v) is 17.4. The second kappa shape index (κ2) is 18.8. The standard InChI is InChI=1S/C51H55N7O6/c1-30(2)45(55-50(61)63-5)48(59)57-24-10-14-43(57)41-28-39-38-22-18-34(26-35(38)20-23-40(39)53-41)37-21-19-36(27-33(37)17-16-32-12-8-7-9-13-32)42-29-52-47(54-42)44-15-11-25-58(44)49(60)46(31(3)4)56-51(62)64-6/h7-9,12-13,18-23,26-27,29-31,43-46H,10-11,14-15,24-25,28H2,1-6H3,(H,52,54)(H,55,61)(H,56,62)/t43-,44-,45-,46-/m0/s1. The van der Waals surface area contributed by atoms with E-state index in [1.807, 2.05) is 74.0 Å². The Morgan fingerprint density at radius 1 is 0.750 bits per heavy atom. The lowest BCUT2D eigenvalue weighted by Crippen LogP contribution is -2.53. The van der Waals surface area contributed by atoms with Crippen LogP contribution in [0.3, 0.4) is 0 Å². The molecule has 4 aromatic carbocycles. The Kier molecular flexibility index (Phi) is 12.8. The van der Waals surface area contributed by atoms with E-state index in [9.17, 15) is 19.2 Å². The largest absolute Gasteiger partial charge is 0.453 e. The fourth-order valence-electron chi connectivity index (χ4n) is 9.24. The van der Waals surface area contributed by atoms with Crippen molar-refractivity contribution in [2.24, 2.45) is 16.8 Å². The quantitative estimate of drug-likeness (QED) is 0.119. The Labute approximate surface area is 374 Å². The van der Waals surface area contributed by atoms with Crippen molar-refractivity contribution in [3.05, 3.63) is 108 Å². The number of aromatic amines is 1. The number of aliphatic imine (C=N–C) groups is 1. The van der Waals surface area contributed by atoms with Gasteiger partial charge in [-0.05, 0) is 95.3 Å². The number of nitrogens with zero attached hydrogens (tertiary/aromatic N) is 4. The van der Waals surface area contributed by atoms with Gasteiger partial charge in [0.25, 0.3) is 0 Å². The maximum Gasteiger partial charge on any atom is 0.407 e. The first-order valence-electron chi connectivity index (χ1n) is 22.1. The molecule has 2 fully saturated rings. The number of carbonyl (C=O) groups is 4. The maximum atomic E-state index is 13.8. The van der Waals surface area contributed by atoms with Crippen molar-refractivity contribution in [1.82, 2.24) is 30.4 Å². The minimum Gasteiger partial charge on any atom is -0.453 e. The summed E-state index contributed by atoms with van der Waals surface area (Å²) in [5.74, 6) is 7.02. The number of aromatic nitrogens is 2. The fourth-order valence-corrected chi connectivity index (χ4v) is 9.24. The Bertz CT molecular complexity index is 2680. The van der Waals surface area contributed by atoms with E-state index in [0.29, 0.717) is 25.3 Å². The van der Waals surface area contributed by atoms with E-state index in [-0.39, 0.29) is 35.7 Å². The molecule has 0 aliphatic carbocycles. The molecular formula is C51H55N7O6. The highest BCUT2D eigenvalue weighted by Gasteiger charge is 2.40. The molecule has 0 saturated carbocycles. The van der Waals surface area contributed by atoms with Crippen molar-refractivity contribution in [1.29, 1.82) is 0 Å². The number of nitrogens with one attached hydrogen (secondary N) is 3. The number of hydrogen-bond acceptors (Lipinski definition) is 8. The van der Waals surface area contributed by atoms with Crippen molar-refractivity contribution in [2.75, 3.05) is 27.3 Å². The molecule has 0 bridgehead atoms. The van der Waals surface area contributed by atoms with E-state index in [4.69, 9.17) is 19.5 Å². The van der Waals surface area contributed by atoms with E-state index in [1.165, 1.54) is 14.2 Å². The summed E-state index contributed by atoms with van der Waals surface area (Å²) in [5.41, 5.74) is 8.51. The predicted molar refractivity (Wildman–Crippen MR) is 247 cm³/mol.